The SMILES string of the molecule is CCCC1C(C)CC2(c3ccccc3)CC1CC(C)(C(N)=O)C2. The summed E-state index contributed by atoms with van der Waals surface area (Å²) < 4.78 is 0. The number of hydrogen-bond donors (Lipinski definition) is 1. The van der Waals surface area contributed by atoms with Gasteiger partial charge in [-0.25, -0.2) is 0 Å². The number of rotatable bonds is 4. The van der Waals surface area contributed by atoms with E-state index in [1.807, 2.05) is 0 Å². The Morgan fingerprint density at radius 3 is 2.52 bits per heavy atom. The Hall–Kier alpha value is -1.31. The quantitative estimate of drug-likeness (QED) is 0.862. The Balaban J connectivity index is 2.03. The van der Waals surface area contributed by atoms with Crippen molar-refractivity contribution in [2.45, 2.75) is 64.7 Å². The molecular weight excluding hydrogens is 282 g/mol. The van der Waals surface area contributed by atoms with Crippen molar-refractivity contribution >= 4 is 5.91 Å². The van der Waals surface area contributed by atoms with Crippen molar-refractivity contribution in [3.63, 3.8) is 0 Å². The zero-order valence-electron chi connectivity index (χ0n) is 14.8. The molecule has 2 nitrogen and oxygen atoms in total. The van der Waals surface area contributed by atoms with Gasteiger partial charge in [0, 0.05) is 5.41 Å². The van der Waals surface area contributed by atoms with Crippen LogP contribution in [0.15, 0.2) is 30.3 Å². The molecule has 2 N–H and O–H groups in total. The largest absolute Gasteiger partial charge is 0.369 e. The van der Waals surface area contributed by atoms with Gasteiger partial charge < -0.3 is 5.73 Å². The Morgan fingerprint density at radius 2 is 1.91 bits per heavy atom. The van der Waals surface area contributed by atoms with Crippen molar-refractivity contribution in [2.24, 2.45) is 28.9 Å². The van der Waals surface area contributed by atoms with E-state index in [0.717, 1.165) is 24.7 Å². The maximum Gasteiger partial charge on any atom is 0.223 e. The van der Waals surface area contributed by atoms with Crippen LogP contribution in [0.2, 0.25) is 0 Å². The van der Waals surface area contributed by atoms with E-state index in [2.05, 4.69) is 51.1 Å². The van der Waals surface area contributed by atoms with Gasteiger partial charge in [-0.2, -0.15) is 0 Å². The van der Waals surface area contributed by atoms with Gasteiger partial charge in [0.25, 0.3) is 0 Å². The Kier molecular flexibility index (Phi) is 4.29. The highest BCUT2D eigenvalue weighted by Crippen LogP contribution is 2.60. The van der Waals surface area contributed by atoms with Crippen molar-refractivity contribution in [3.8, 4) is 0 Å². The van der Waals surface area contributed by atoms with Crippen LogP contribution in [0.1, 0.15) is 64.9 Å². The molecular formula is C21H31NO. The van der Waals surface area contributed by atoms with E-state index in [1.165, 1.54) is 31.2 Å². The van der Waals surface area contributed by atoms with Gasteiger partial charge in [-0.3, -0.25) is 4.79 Å². The lowest BCUT2D eigenvalue weighted by Gasteiger charge is -2.57. The highest BCUT2D eigenvalue weighted by atomic mass is 16.1. The van der Waals surface area contributed by atoms with Gasteiger partial charge in [-0.1, -0.05) is 63.9 Å². The third-order valence-electron chi connectivity index (χ3n) is 6.75. The van der Waals surface area contributed by atoms with Crippen LogP contribution in [0, 0.1) is 23.2 Å². The smallest absolute Gasteiger partial charge is 0.223 e. The third-order valence-corrected chi connectivity index (χ3v) is 6.75. The average molecular weight is 313 g/mol. The molecule has 3 rings (SSSR count). The maximum absolute atomic E-state index is 12.2. The molecule has 1 aromatic carbocycles. The predicted octanol–water partition coefficient (Wildman–Crippen LogP) is 4.67. The van der Waals surface area contributed by atoms with E-state index < -0.39 is 0 Å². The summed E-state index contributed by atoms with van der Waals surface area (Å²) in [6.07, 6.45) is 6.84. The molecule has 126 valence electrons. The topological polar surface area (TPSA) is 43.1 Å². The first kappa shape index (κ1) is 16.5. The summed E-state index contributed by atoms with van der Waals surface area (Å²) in [5, 5.41) is 0. The van der Waals surface area contributed by atoms with E-state index in [-0.39, 0.29) is 16.7 Å². The van der Waals surface area contributed by atoms with Crippen molar-refractivity contribution in [1.82, 2.24) is 0 Å². The normalized spacial score (nSPS) is 39.9. The van der Waals surface area contributed by atoms with Crippen LogP contribution in [0.3, 0.4) is 0 Å². The fourth-order valence-corrected chi connectivity index (χ4v) is 5.91. The molecule has 0 aromatic heterocycles. The van der Waals surface area contributed by atoms with Crippen LogP contribution < -0.4 is 5.73 Å². The molecule has 0 spiro atoms. The summed E-state index contributed by atoms with van der Waals surface area (Å²) >= 11 is 0. The van der Waals surface area contributed by atoms with E-state index >= 15 is 0 Å². The molecule has 2 fully saturated rings. The fourth-order valence-electron chi connectivity index (χ4n) is 5.91. The van der Waals surface area contributed by atoms with Crippen LogP contribution >= 0.6 is 0 Å². The van der Waals surface area contributed by atoms with Gasteiger partial charge in [-0.15, -0.1) is 0 Å². The van der Waals surface area contributed by atoms with E-state index in [0.29, 0.717) is 5.92 Å². The summed E-state index contributed by atoms with van der Waals surface area (Å²) in [5.41, 5.74) is 7.05. The number of amides is 1. The second-order valence-electron chi connectivity index (χ2n) is 8.55. The molecule has 1 amide bonds. The summed E-state index contributed by atoms with van der Waals surface area (Å²) in [5.74, 6) is 2.00. The molecule has 2 aliphatic carbocycles. The number of hydrogen-bond acceptors (Lipinski definition) is 1. The maximum atomic E-state index is 12.2. The molecule has 0 aliphatic heterocycles. The van der Waals surface area contributed by atoms with Gasteiger partial charge in [0.15, 0.2) is 0 Å². The number of carbonyl (C=O) groups is 1. The van der Waals surface area contributed by atoms with Gasteiger partial charge >= 0.3 is 0 Å². The second kappa shape index (κ2) is 5.96. The molecule has 5 unspecified atom stereocenters. The van der Waals surface area contributed by atoms with Crippen LogP contribution in [0.4, 0.5) is 0 Å². The lowest BCUT2D eigenvalue weighted by Crippen LogP contribution is -2.53. The van der Waals surface area contributed by atoms with Crippen molar-refractivity contribution in [1.29, 1.82) is 0 Å². The monoisotopic (exact) mass is 313 g/mol. The van der Waals surface area contributed by atoms with E-state index in [1.54, 1.807) is 0 Å². The molecule has 23 heavy (non-hydrogen) atoms. The first-order chi connectivity index (χ1) is 10.9. The van der Waals surface area contributed by atoms with Crippen molar-refractivity contribution in [3.05, 3.63) is 35.9 Å². The molecule has 2 aliphatic rings. The number of nitrogens with two attached hydrogens (primary N) is 1. The number of fused-ring (bicyclic) bond motifs is 2. The third kappa shape index (κ3) is 2.81. The summed E-state index contributed by atoms with van der Waals surface area (Å²) in [6.45, 7) is 6.82. The molecule has 2 heteroatoms. The molecule has 0 heterocycles. The highest BCUT2D eigenvalue weighted by Gasteiger charge is 2.55. The van der Waals surface area contributed by atoms with Crippen LogP contribution in [0.5, 0.6) is 0 Å². The first-order valence-corrected chi connectivity index (χ1v) is 9.26. The predicted molar refractivity (Wildman–Crippen MR) is 94.9 cm³/mol. The Labute approximate surface area is 140 Å². The zero-order chi connectivity index (χ0) is 16.7. The summed E-state index contributed by atoms with van der Waals surface area (Å²) in [7, 11) is 0. The number of benzene rings is 1. The summed E-state index contributed by atoms with van der Waals surface area (Å²) in [6, 6.07) is 10.9. The minimum atomic E-state index is -0.356. The second-order valence-corrected chi connectivity index (χ2v) is 8.55. The van der Waals surface area contributed by atoms with E-state index in [9.17, 15) is 4.79 Å². The van der Waals surface area contributed by atoms with E-state index in [4.69, 9.17) is 5.73 Å². The van der Waals surface area contributed by atoms with Crippen LogP contribution in [-0.2, 0) is 10.2 Å². The van der Waals surface area contributed by atoms with Crippen molar-refractivity contribution < 1.29 is 4.79 Å². The van der Waals surface area contributed by atoms with Gasteiger partial charge in [0.1, 0.15) is 0 Å². The molecule has 0 radical (unpaired) electrons. The lowest BCUT2D eigenvalue weighted by molar-refractivity contribution is -0.134. The molecule has 5 atom stereocenters. The van der Waals surface area contributed by atoms with Crippen LogP contribution in [-0.4, -0.2) is 5.91 Å². The minimum Gasteiger partial charge on any atom is -0.369 e. The number of primary amides is 1. The van der Waals surface area contributed by atoms with Gasteiger partial charge in [0.2, 0.25) is 5.91 Å². The highest BCUT2D eigenvalue weighted by molar-refractivity contribution is 5.80. The average Bonchev–Trinajstić information content (AvgIpc) is 2.51. The van der Waals surface area contributed by atoms with Crippen LogP contribution in [0.25, 0.3) is 0 Å². The molecule has 1 aromatic rings. The standard InChI is InChI=1S/C21H31NO/c1-4-8-18-15(2)11-21(17-9-6-5-7-10-17)13-16(18)12-20(3,14-21)19(22)23/h5-7,9-10,15-16,18H,4,8,11-14H2,1-3H3,(H2,22,23). The Bertz CT molecular complexity index is 564. The minimum absolute atomic E-state index is 0.104. The zero-order valence-corrected chi connectivity index (χ0v) is 14.8. The molecule has 2 bridgehead atoms. The first-order valence-electron chi connectivity index (χ1n) is 9.26. The molecule has 0 saturated heterocycles. The summed E-state index contributed by atoms with van der Waals surface area (Å²) in [4.78, 5) is 12.2. The fraction of sp³-hybridized carbons (Fsp3) is 0.667. The van der Waals surface area contributed by atoms with Gasteiger partial charge in [-0.05, 0) is 54.4 Å². The Morgan fingerprint density at radius 1 is 1.22 bits per heavy atom. The molecule has 2 saturated carbocycles. The lowest BCUT2D eigenvalue weighted by atomic mass is 9.47. The van der Waals surface area contributed by atoms with Gasteiger partial charge in [0.05, 0.1) is 0 Å². The number of carbonyl (C=O) groups excluding carboxylic acids is 1. The van der Waals surface area contributed by atoms with Crippen molar-refractivity contribution in [2.75, 3.05) is 0 Å².